The van der Waals surface area contributed by atoms with Crippen LogP contribution < -0.4 is 10.6 Å². The first-order valence-corrected chi connectivity index (χ1v) is 7.02. The maximum absolute atomic E-state index is 11.7. The van der Waals surface area contributed by atoms with E-state index in [1.807, 2.05) is 18.3 Å². The number of carbonyl (C=O) groups is 1. The Hall–Kier alpha value is -1.77. The van der Waals surface area contributed by atoms with E-state index in [0.29, 0.717) is 6.54 Å². The summed E-state index contributed by atoms with van der Waals surface area (Å²) in [4.78, 5) is 11.7. The molecule has 0 spiro atoms. The first-order valence-electron chi connectivity index (χ1n) is 7.02. The number of carbonyl (C=O) groups excluding carboxylic acids is 1. The van der Waals surface area contributed by atoms with E-state index in [-0.39, 0.29) is 6.03 Å². The molecule has 0 aliphatic heterocycles. The van der Waals surface area contributed by atoms with E-state index in [2.05, 4.69) is 29.7 Å². The van der Waals surface area contributed by atoms with E-state index in [1.54, 1.807) is 0 Å². The van der Waals surface area contributed by atoms with Crippen molar-refractivity contribution in [2.24, 2.45) is 0 Å². The first-order chi connectivity index (χ1) is 9.24. The van der Waals surface area contributed by atoms with Crippen molar-refractivity contribution < 1.29 is 4.79 Å². The van der Waals surface area contributed by atoms with Gasteiger partial charge < -0.3 is 10.6 Å². The molecule has 1 saturated carbocycles. The fraction of sp³-hybridized carbons (Fsp3) is 0.438. The van der Waals surface area contributed by atoms with Crippen LogP contribution in [0.15, 0.2) is 36.0 Å². The summed E-state index contributed by atoms with van der Waals surface area (Å²) in [5, 5.41) is 5.69. The summed E-state index contributed by atoms with van der Waals surface area (Å²) in [5.74, 6) is 0. The average Bonchev–Trinajstić information content (AvgIpc) is 2.45. The minimum absolute atomic E-state index is 0.126. The van der Waals surface area contributed by atoms with Crippen molar-refractivity contribution in [2.45, 2.75) is 45.6 Å². The Morgan fingerprint density at radius 1 is 1.16 bits per heavy atom. The second-order valence-corrected chi connectivity index (χ2v) is 5.18. The molecule has 1 aliphatic rings. The third-order valence-electron chi connectivity index (χ3n) is 3.48. The highest BCUT2D eigenvalue weighted by atomic mass is 16.2. The largest absolute Gasteiger partial charge is 0.334 e. The number of benzene rings is 1. The van der Waals surface area contributed by atoms with Gasteiger partial charge in [-0.1, -0.05) is 41.8 Å². The molecule has 102 valence electrons. The molecular weight excluding hydrogens is 236 g/mol. The third-order valence-corrected chi connectivity index (χ3v) is 3.48. The van der Waals surface area contributed by atoms with Gasteiger partial charge in [-0.15, -0.1) is 0 Å². The van der Waals surface area contributed by atoms with Crippen LogP contribution in [0.5, 0.6) is 0 Å². The molecule has 0 radical (unpaired) electrons. The van der Waals surface area contributed by atoms with Crippen LogP contribution in [-0.4, -0.2) is 6.03 Å². The highest BCUT2D eigenvalue weighted by Crippen LogP contribution is 2.21. The van der Waals surface area contributed by atoms with Gasteiger partial charge in [-0.3, -0.25) is 0 Å². The number of rotatable bonds is 3. The number of hydrogen-bond acceptors (Lipinski definition) is 1. The Morgan fingerprint density at radius 2 is 1.84 bits per heavy atom. The van der Waals surface area contributed by atoms with E-state index >= 15 is 0 Å². The molecular formula is C16H22N2O. The second kappa shape index (κ2) is 6.98. The Bertz CT molecular complexity index is 440. The van der Waals surface area contributed by atoms with Crippen LogP contribution in [0.4, 0.5) is 4.79 Å². The van der Waals surface area contributed by atoms with Crippen LogP contribution in [0.2, 0.25) is 0 Å². The zero-order valence-corrected chi connectivity index (χ0v) is 11.5. The lowest BCUT2D eigenvalue weighted by molar-refractivity contribution is 0.243. The van der Waals surface area contributed by atoms with Crippen molar-refractivity contribution in [3.8, 4) is 0 Å². The zero-order chi connectivity index (χ0) is 13.5. The monoisotopic (exact) mass is 258 g/mol. The van der Waals surface area contributed by atoms with Crippen molar-refractivity contribution in [1.82, 2.24) is 10.6 Å². The third kappa shape index (κ3) is 4.78. The normalized spacial score (nSPS) is 14.9. The molecule has 0 atom stereocenters. The van der Waals surface area contributed by atoms with Crippen LogP contribution in [0, 0.1) is 6.92 Å². The molecule has 1 aromatic rings. The van der Waals surface area contributed by atoms with Gasteiger partial charge in [0.1, 0.15) is 0 Å². The molecule has 0 aromatic heterocycles. The lowest BCUT2D eigenvalue weighted by atomic mass is 9.96. The Labute approximate surface area is 115 Å². The maximum Gasteiger partial charge on any atom is 0.319 e. The molecule has 0 bridgehead atoms. The van der Waals surface area contributed by atoms with E-state index in [9.17, 15) is 4.79 Å². The van der Waals surface area contributed by atoms with Crippen molar-refractivity contribution in [1.29, 1.82) is 0 Å². The van der Waals surface area contributed by atoms with Gasteiger partial charge in [0.15, 0.2) is 0 Å². The Morgan fingerprint density at radius 3 is 2.53 bits per heavy atom. The van der Waals surface area contributed by atoms with Gasteiger partial charge in [0.05, 0.1) is 0 Å². The molecule has 1 aliphatic carbocycles. The van der Waals surface area contributed by atoms with Crippen molar-refractivity contribution in [2.75, 3.05) is 0 Å². The summed E-state index contributed by atoms with van der Waals surface area (Å²) >= 11 is 0. The van der Waals surface area contributed by atoms with E-state index in [0.717, 1.165) is 18.4 Å². The SMILES string of the molecule is Cc1ccc(CNC(=O)NC=C2CCCCC2)cc1. The standard InChI is InChI=1S/C16H22N2O/c1-13-7-9-15(10-8-13)12-18-16(19)17-11-14-5-3-2-4-6-14/h7-11H,2-6,12H2,1H3,(H2,17,18,19). The van der Waals surface area contributed by atoms with Crippen LogP contribution in [0.25, 0.3) is 0 Å². The van der Waals surface area contributed by atoms with Gasteiger partial charge >= 0.3 is 6.03 Å². The van der Waals surface area contributed by atoms with E-state index in [1.165, 1.54) is 30.4 Å². The molecule has 1 aromatic carbocycles. The van der Waals surface area contributed by atoms with Crippen LogP contribution >= 0.6 is 0 Å². The lowest BCUT2D eigenvalue weighted by Crippen LogP contribution is -2.32. The molecule has 0 heterocycles. The molecule has 2 amide bonds. The highest BCUT2D eigenvalue weighted by Gasteiger charge is 2.05. The van der Waals surface area contributed by atoms with Gasteiger partial charge in [0, 0.05) is 12.7 Å². The van der Waals surface area contributed by atoms with Crippen molar-refractivity contribution >= 4 is 6.03 Å². The molecule has 0 unspecified atom stereocenters. The van der Waals surface area contributed by atoms with E-state index < -0.39 is 0 Å². The first kappa shape index (κ1) is 13.7. The fourth-order valence-corrected chi connectivity index (χ4v) is 2.26. The quantitative estimate of drug-likeness (QED) is 0.853. The van der Waals surface area contributed by atoms with Crippen LogP contribution in [0.3, 0.4) is 0 Å². The summed E-state index contributed by atoms with van der Waals surface area (Å²) in [6.07, 6.45) is 7.94. The molecule has 1 fully saturated rings. The van der Waals surface area contributed by atoms with Gasteiger partial charge in [0.2, 0.25) is 0 Å². The number of urea groups is 1. The molecule has 3 nitrogen and oxygen atoms in total. The number of allylic oxidation sites excluding steroid dienone is 1. The molecule has 2 N–H and O–H groups in total. The lowest BCUT2D eigenvalue weighted by Gasteiger charge is -2.13. The average molecular weight is 258 g/mol. The number of amides is 2. The predicted octanol–water partition coefficient (Wildman–Crippen LogP) is 3.64. The van der Waals surface area contributed by atoms with Gasteiger partial charge in [-0.05, 0) is 38.2 Å². The molecule has 19 heavy (non-hydrogen) atoms. The van der Waals surface area contributed by atoms with Crippen molar-refractivity contribution in [3.63, 3.8) is 0 Å². The number of hydrogen-bond donors (Lipinski definition) is 2. The van der Waals surface area contributed by atoms with Crippen LogP contribution in [0.1, 0.15) is 43.2 Å². The number of nitrogens with one attached hydrogen (secondary N) is 2. The molecule has 2 rings (SSSR count). The fourth-order valence-electron chi connectivity index (χ4n) is 2.26. The molecule has 0 saturated heterocycles. The smallest absolute Gasteiger partial charge is 0.319 e. The van der Waals surface area contributed by atoms with E-state index in [4.69, 9.17) is 0 Å². The summed E-state index contributed by atoms with van der Waals surface area (Å²) in [5.41, 5.74) is 3.71. The zero-order valence-electron chi connectivity index (χ0n) is 11.5. The topological polar surface area (TPSA) is 41.1 Å². The summed E-state index contributed by atoms with van der Waals surface area (Å²) < 4.78 is 0. The van der Waals surface area contributed by atoms with Gasteiger partial charge in [-0.2, -0.15) is 0 Å². The summed E-state index contributed by atoms with van der Waals surface area (Å²) in [7, 11) is 0. The summed E-state index contributed by atoms with van der Waals surface area (Å²) in [6, 6.07) is 8.06. The maximum atomic E-state index is 11.7. The number of aryl methyl sites for hydroxylation is 1. The highest BCUT2D eigenvalue weighted by molar-refractivity contribution is 5.74. The van der Waals surface area contributed by atoms with Crippen molar-refractivity contribution in [3.05, 3.63) is 47.2 Å². The predicted molar refractivity (Wildman–Crippen MR) is 77.7 cm³/mol. The minimum Gasteiger partial charge on any atom is -0.334 e. The molecule has 3 heteroatoms. The second-order valence-electron chi connectivity index (χ2n) is 5.18. The minimum atomic E-state index is -0.126. The summed E-state index contributed by atoms with van der Waals surface area (Å²) in [6.45, 7) is 2.62. The van der Waals surface area contributed by atoms with Gasteiger partial charge in [-0.25, -0.2) is 4.79 Å². The van der Waals surface area contributed by atoms with Crippen LogP contribution in [-0.2, 0) is 6.54 Å². The van der Waals surface area contributed by atoms with Gasteiger partial charge in [0.25, 0.3) is 0 Å². The Kier molecular flexibility index (Phi) is 5.01. The Balaban J connectivity index is 1.73.